The standard InChI is InChI=1S/C16H23N3O3.ClH/c1-4-16(5-2,9-17)19-15(21)11-7-6-8-12-13(11)22-10(3)14(20)18-12;/h6-8,10H,4-5,9,17H2,1-3H3,(H,18,20)(H,19,21);1H. The molecule has 0 bridgehead atoms. The Bertz CT molecular complexity index is 580. The molecule has 7 heteroatoms. The lowest BCUT2D eigenvalue weighted by Gasteiger charge is -2.32. The van der Waals surface area contributed by atoms with Crippen LogP contribution in [0.1, 0.15) is 44.0 Å². The number of halogens is 1. The average Bonchev–Trinajstić information content (AvgIpc) is 2.53. The van der Waals surface area contributed by atoms with Gasteiger partial charge in [-0.1, -0.05) is 19.9 Å². The molecule has 0 saturated heterocycles. The molecule has 0 radical (unpaired) electrons. The second kappa shape index (κ2) is 7.66. The van der Waals surface area contributed by atoms with Crippen molar-refractivity contribution in [2.45, 2.75) is 45.3 Å². The van der Waals surface area contributed by atoms with Gasteiger partial charge in [0.2, 0.25) is 0 Å². The number of hydrogen-bond donors (Lipinski definition) is 3. The molecule has 4 N–H and O–H groups in total. The van der Waals surface area contributed by atoms with Crippen LogP contribution in [-0.2, 0) is 4.79 Å². The minimum Gasteiger partial charge on any atom is -0.478 e. The van der Waals surface area contributed by atoms with Crippen molar-refractivity contribution in [3.63, 3.8) is 0 Å². The lowest BCUT2D eigenvalue weighted by molar-refractivity contribution is -0.122. The van der Waals surface area contributed by atoms with Crippen LogP contribution in [0.15, 0.2) is 18.2 Å². The summed E-state index contributed by atoms with van der Waals surface area (Å²) in [5.74, 6) is -0.0527. The maximum absolute atomic E-state index is 12.6. The number of carbonyl (C=O) groups is 2. The van der Waals surface area contributed by atoms with Crippen molar-refractivity contribution >= 4 is 29.9 Å². The highest BCUT2D eigenvalue weighted by Gasteiger charge is 2.31. The fourth-order valence-corrected chi connectivity index (χ4v) is 2.48. The van der Waals surface area contributed by atoms with Gasteiger partial charge in [-0.2, -0.15) is 0 Å². The predicted molar refractivity (Wildman–Crippen MR) is 92.2 cm³/mol. The lowest BCUT2D eigenvalue weighted by atomic mass is 9.92. The van der Waals surface area contributed by atoms with E-state index in [1.807, 2.05) is 13.8 Å². The molecule has 1 aliphatic rings. The van der Waals surface area contributed by atoms with E-state index in [9.17, 15) is 9.59 Å². The van der Waals surface area contributed by atoms with E-state index in [4.69, 9.17) is 10.5 Å². The van der Waals surface area contributed by atoms with Crippen LogP contribution in [-0.4, -0.2) is 30.0 Å². The fourth-order valence-electron chi connectivity index (χ4n) is 2.48. The zero-order valence-electron chi connectivity index (χ0n) is 13.6. The molecule has 0 fully saturated rings. The molecule has 1 aliphatic heterocycles. The first-order chi connectivity index (χ1) is 10.5. The summed E-state index contributed by atoms with van der Waals surface area (Å²) in [6, 6.07) is 5.12. The summed E-state index contributed by atoms with van der Waals surface area (Å²) in [6.45, 7) is 6.01. The van der Waals surface area contributed by atoms with E-state index < -0.39 is 11.6 Å². The minimum absolute atomic E-state index is 0. The Morgan fingerprint density at radius 3 is 2.61 bits per heavy atom. The third-order valence-electron chi connectivity index (χ3n) is 4.30. The number of rotatable bonds is 5. The van der Waals surface area contributed by atoms with Crippen LogP contribution in [0.3, 0.4) is 0 Å². The second-order valence-corrected chi connectivity index (χ2v) is 5.58. The van der Waals surface area contributed by atoms with Crippen molar-refractivity contribution in [2.75, 3.05) is 11.9 Å². The number of para-hydroxylation sites is 1. The van der Waals surface area contributed by atoms with Crippen LogP contribution in [0.4, 0.5) is 5.69 Å². The van der Waals surface area contributed by atoms with E-state index in [1.165, 1.54) is 0 Å². The summed E-state index contributed by atoms with van der Waals surface area (Å²) in [6.07, 6.45) is 0.863. The Morgan fingerprint density at radius 2 is 2.04 bits per heavy atom. The highest BCUT2D eigenvalue weighted by molar-refractivity contribution is 6.04. The van der Waals surface area contributed by atoms with Gasteiger partial charge < -0.3 is 21.1 Å². The molecule has 128 valence electrons. The largest absolute Gasteiger partial charge is 0.478 e. The molecule has 2 amide bonds. The molecule has 0 spiro atoms. The maximum Gasteiger partial charge on any atom is 0.265 e. The molecule has 1 aromatic carbocycles. The van der Waals surface area contributed by atoms with Crippen molar-refractivity contribution in [1.82, 2.24) is 5.32 Å². The Kier molecular flexibility index (Phi) is 6.41. The molecule has 23 heavy (non-hydrogen) atoms. The quantitative estimate of drug-likeness (QED) is 0.764. The van der Waals surface area contributed by atoms with E-state index in [2.05, 4.69) is 10.6 Å². The van der Waals surface area contributed by atoms with Crippen LogP contribution < -0.4 is 21.1 Å². The number of fused-ring (bicyclic) bond motifs is 1. The third-order valence-corrected chi connectivity index (χ3v) is 4.30. The van der Waals surface area contributed by atoms with Gasteiger partial charge in [-0.25, -0.2) is 0 Å². The van der Waals surface area contributed by atoms with Gasteiger partial charge in [0.05, 0.1) is 16.8 Å². The molecule has 1 heterocycles. The Balaban J connectivity index is 0.00000264. The maximum atomic E-state index is 12.6. The van der Waals surface area contributed by atoms with Crippen molar-refractivity contribution in [2.24, 2.45) is 5.73 Å². The zero-order valence-corrected chi connectivity index (χ0v) is 14.5. The number of benzene rings is 1. The number of amides is 2. The van der Waals surface area contributed by atoms with Crippen LogP contribution >= 0.6 is 12.4 Å². The molecule has 1 atom stereocenters. The Labute approximate surface area is 142 Å². The summed E-state index contributed by atoms with van der Waals surface area (Å²) in [4.78, 5) is 24.3. The van der Waals surface area contributed by atoms with Crippen molar-refractivity contribution in [3.05, 3.63) is 23.8 Å². The van der Waals surface area contributed by atoms with E-state index in [0.717, 1.165) is 12.8 Å². The van der Waals surface area contributed by atoms with E-state index >= 15 is 0 Å². The predicted octanol–water partition coefficient (Wildman–Crippen LogP) is 2.08. The smallest absolute Gasteiger partial charge is 0.265 e. The zero-order chi connectivity index (χ0) is 16.3. The molecule has 0 aromatic heterocycles. The summed E-state index contributed by atoms with van der Waals surface area (Å²) in [5.41, 5.74) is 6.33. The fraction of sp³-hybridized carbons (Fsp3) is 0.500. The van der Waals surface area contributed by atoms with Gasteiger partial charge in [-0.05, 0) is 31.9 Å². The molecule has 1 unspecified atom stereocenters. The van der Waals surface area contributed by atoms with Gasteiger partial charge >= 0.3 is 0 Å². The summed E-state index contributed by atoms with van der Waals surface area (Å²) in [7, 11) is 0. The topological polar surface area (TPSA) is 93.4 Å². The first-order valence-electron chi connectivity index (χ1n) is 7.59. The van der Waals surface area contributed by atoms with Crippen LogP contribution in [0.25, 0.3) is 0 Å². The third kappa shape index (κ3) is 3.76. The number of ether oxygens (including phenoxy) is 1. The number of anilines is 1. The molecule has 2 rings (SSSR count). The molecule has 1 aromatic rings. The molecule has 0 saturated carbocycles. The lowest BCUT2D eigenvalue weighted by Crippen LogP contribution is -2.53. The van der Waals surface area contributed by atoms with Gasteiger partial charge in [0, 0.05) is 6.54 Å². The van der Waals surface area contributed by atoms with Gasteiger partial charge in [0.1, 0.15) is 0 Å². The Hall–Kier alpha value is -1.79. The summed E-state index contributed by atoms with van der Waals surface area (Å²) < 4.78 is 5.61. The average molecular weight is 342 g/mol. The number of carbonyl (C=O) groups excluding carboxylic acids is 2. The first kappa shape index (κ1) is 19.3. The number of nitrogens with one attached hydrogen (secondary N) is 2. The monoisotopic (exact) mass is 341 g/mol. The molecular weight excluding hydrogens is 318 g/mol. The van der Waals surface area contributed by atoms with Gasteiger partial charge in [0.15, 0.2) is 11.9 Å². The van der Waals surface area contributed by atoms with Gasteiger partial charge in [0.25, 0.3) is 11.8 Å². The number of nitrogens with two attached hydrogens (primary N) is 1. The van der Waals surface area contributed by atoms with E-state index in [1.54, 1.807) is 25.1 Å². The minimum atomic E-state index is -0.627. The van der Waals surface area contributed by atoms with Crippen molar-refractivity contribution in [1.29, 1.82) is 0 Å². The molecular formula is C16H24ClN3O3. The summed E-state index contributed by atoms with van der Waals surface area (Å²) >= 11 is 0. The van der Waals surface area contributed by atoms with Gasteiger partial charge in [-0.3, -0.25) is 9.59 Å². The van der Waals surface area contributed by atoms with E-state index in [-0.39, 0.29) is 24.2 Å². The molecule has 0 aliphatic carbocycles. The Morgan fingerprint density at radius 1 is 1.39 bits per heavy atom. The second-order valence-electron chi connectivity index (χ2n) is 5.58. The first-order valence-corrected chi connectivity index (χ1v) is 7.59. The summed E-state index contributed by atoms with van der Waals surface area (Å²) in [5, 5.41) is 5.76. The van der Waals surface area contributed by atoms with Gasteiger partial charge in [-0.15, -0.1) is 12.4 Å². The molecule has 6 nitrogen and oxygen atoms in total. The number of hydrogen-bond acceptors (Lipinski definition) is 4. The van der Waals surface area contributed by atoms with E-state index in [0.29, 0.717) is 23.5 Å². The SMILES string of the molecule is CCC(CC)(CN)NC(=O)c1cccc2c1OC(C)C(=O)N2.Cl. The highest BCUT2D eigenvalue weighted by atomic mass is 35.5. The van der Waals surface area contributed by atoms with Crippen LogP contribution in [0, 0.1) is 0 Å². The van der Waals surface area contributed by atoms with Crippen molar-refractivity contribution < 1.29 is 14.3 Å². The van der Waals surface area contributed by atoms with Crippen molar-refractivity contribution in [3.8, 4) is 5.75 Å². The highest BCUT2D eigenvalue weighted by Crippen LogP contribution is 2.33. The normalized spacial score (nSPS) is 16.5. The van der Waals surface area contributed by atoms with Crippen LogP contribution in [0.5, 0.6) is 5.75 Å². The van der Waals surface area contributed by atoms with Crippen LogP contribution in [0.2, 0.25) is 0 Å².